The van der Waals surface area contributed by atoms with Gasteiger partial charge in [0.2, 0.25) is 5.91 Å². The van der Waals surface area contributed by atoms with Crippen LogP contribution in [0.3, 0.4) is 0 Å². The monoisotopic (exact) mass is 259 g/mol. The minimum absolute atomic E-state index is 0.0924. The van der Waals surface area contributed by atoms with Crippen LogP contribution in [0.5, 0.6) is 0 Å². The molecule has 0 aromatic carbocycles. The van der Waals surface area contributed by atoms with Crippen LogP contribution in [0.4, 0.5) is 0 Å². The zero-order valence-electron chi connectivity index (χ0n) is 12.0. The van der Waals surface area contributed by atoms with Crippen molar-refractivity contribution in [2.45, 2.75) is 58.7 Å². The average molecular weight is 259 g/mol. The lowest BCUT2D eigenvalue weighted by Crippen LogP contribution is -2.30. The normalized spacial score (nSPS) is 13.0. The van der Waals surface area contributed by atoms with Crippen molar-refractivity contribution in [3.8, 4) is 0 Å². The molecule has 1 unspecified atom stereocenters. The van der Waals surface area contributed by atoms with E-state index in [-0.39, 0.29) is 24.7 Å². The molecule has 0 aliphatic carbocycles. The summed E-state index contributed by atoms with van der Waals surface area (Å²) >= 11 is 0. The summed E-state index contributed by atoms with van der Waals surface area (Å²) in [7, 11) is 1.67. The fourth-order valence-electron chi connectivity index (χ4n) is 1.30. The molecule has 5 nitrogen and oxygen atoms in total. The zero-order valence-corrected chi connectivity index (χ0v) is 12.0. The van der Waals surface area contributed by atoms with Crippen LogP contribution in [-0.4, -0.2) is 47.2 Å². The molecular weight excluding hydrogens is 234 g/mol. The number of hydrogen-bond donors (Lipinski definition) is 1. The van der Waals surface area contributed by atoms with Crippen molar-refractivity contribution >= 4 is 11.9 Å². The fraction of sp³-hybridized carbons (Fsp3) is 0.846. The van der Waals surface area contributed by atoms with E-state index in [1.54, 1.807) is 34.7 Å². The molecule has 0 aromatic rings. The number of hydrogen-bond acceptors (Lipinski definition) is 4. The number of ether oxygens (including phenoxy) is 1. The molecule has 18 heavy (non-hydrogen) atoms. The van der Waals surface area contributed by atoms with Gasteiger partial charge in [0.15, 0.2) is 0 Å². The van der Waals surface area contributed by atoms with Crippen LogP contribution in [0.2, 0.25) is 0 Å². The van der Waals surface area contributed by atoms with Crippen LogP contribution >= 0.6 is 0 Å². The van der Waals surface area contributed by atoms with Crippen molar-refractivity contribution in [1.29, 1.82) is 0 Å². The third-order valence-electron chi connectivity index (χ3n) is 2.27. The average Bonchev–Trinajstić information content (AvgIpc) is 2.19. The van der Waals surface area contributed by atoms with E-state index in [1.165, 1.54) is 4.90 Å². The van der Waals surface area contributed by atoms with Gasteiger partial charge in [0.05, 0.1) is 12.5 Å². The Balaban J connectivity index is 3.92. The number of aliphatic hydroxyl groups excluding tert-OH is 1. The van der Waals surface area contributed by atoms with Gasteiger partial charge in [0.25, 0.3) is 0 Å². The lowest BCUT2D eigenvalue weighted by atomic mass is 10.2. The SMILES string of the molecule is CC(O)CCN(C)C(=O)CCC(=O)OC(C)(C)C. The maximum absolute atomic E-state index is 11.7. The van der Waals surface area contributed by atoms with E-state index in [2.05, 4.69) is 0 Å². The van der Waals surface area contributed by atoms with Crippen LogP contribution in [-0.2, 0) is 14.3 Å². The van der Waals surface area contributed by atoms with Gasteiger partial charge in [0, 0.05) is 20.0 Å². The van der Waals surface area contributed by atoms with Crippen molar-refractivity contribution in [2.75, 3.05) is 13.6 Å². The Morgan fingerprint density at radius 2 is 1.83 bits per heavy atom. The summed E-state index contributed by atoms with van der Waals surface area (Å²) in [5.41, 5.74) is -0.516. The van der Waals surface area contributed by atoms with Gasteiger partial charge in [-0.1, -0.05) is 0 Å². The summed E-state index contributed by atoms with van der Waals surface area (Å²) in [6.07, 6.45) is 0.348. The van der Waals surface area contributed by atoms with Gasteiger partial charge in [-0.05, 0) is 34.1 Å². The first-order valence-electron chi connectivity index (χ1n) is 6.25. The Bertz CT molecular complexity index is 281. The van der Waals surface area contributed by atoms with E-state index in [4.69, 9.17) is 9.84 Å². The second-order valence-corrected chi connectivity index (χ2v) is 5.54. The predicted molar refractivity (Wildman–Crippen MR) is 69.0 cm³/mol. The van der Waals surface area contributed by atoms with Gasteiger partial charge in [-0.25, -0.2) is 0 Å². The first kappa shape index (κ1) is 16.9. The van der Waals surface area contributed by atoms with E-state index < -0.39 is 11.7 Å². The molecule has 1 amide bonds. The topological polar surface area (TPSA) is 66.8 Å². The maximum Gasteiger partial charge on any atom is 0.306 e. The highest BCUT2D eigenvalue weighted by atomic mass is 16.6. The van der Waals surface area contributed by atoms with Gasteiger partial charge in [0.1, 0.15) is 5.60 Å². The molecule has 0 saturated carbocycles. The van der Waals surface area contributed by atoms with Crippen molar-refractivity contribution < 1.29 is 19.4 Å². The number of aliphatic hydroxyl groups is 1. The number of amides is 1. The zero-order chi connectivity index (χ0) is 14.3. The van der Waals surface area contributed by atoms with Crippen LogP contribution in [0.1, 0.15) is 47.0 Å². The molecule has 0 aromatic heterocycles. The van der Waals surface area contributed by atoms with E-state index in [1.807, 2.05) is 0 Å². The smallest absolute Gasteiger partial charge is 0.306 e. The molecular formula is C13H25NO4. The van der Waals surface area contributed by atoms with Gasteiger partial charge in [-0.3, -0.25) is 9.59 Å². The second-order valence-electron chi connectivity index (χ2n) is 5.54. The molecule has 0 radical (unpaired) electrons. The number of rotatable bonds is 6. The standard InChI is InChI=1S/C13H25NO4/c1-10(15)8-9-14(5)11(16)6-7-12(17)18-13(2,3)4/h10,15H,6-9H2,1-5H3. The van der Waals surface area contributed by atoms with Gasteiger partial charge in [-0.2, -0.15) is 0 Å². The lowest BCUT2D eigenvalue weighted by Gasteiger charge is -2.20. The third-order valence-corrected chi connectivity index (χ3v) is 2.27. The molecule has 106 valence electrons. The third kappa shape index (κ3) is 8.98. The molecule has 0 bridgehead atoms. The molecule has 0 aliphatic heterocycles. The van der Waals surface area contributed by atoms with E-state index >= 15 is 0 Å². The number of carbonyl (C=O) groups is 2. The van der Waals surface area contributed by atoms with E-state index in [9.17, 15) is 9.59 Å². The van der Waals surface area contributed by atoms with Crippen molar-refractivity contribution in [3.63, 3.8) is 0 Å². The van der Waals surface area contributed by atoms with E-state index in [0.29, 0.717) is 13.0 Å². The largest absolute Gasteiger partial charge is 0.460 e. The molecule has 0 saturated heterocycles. The molecule has 0 aliphatic rings. The highest BCUT2D eigenvalue weighted by Crippen LogP contribution is 2.09. The van der Waals surface area contributed by atoms with Gasteiger partial charge >= 0.3 is 5.97 Å². The summed E-state index contributed by atoms with van der Waals surface area (Å²) in [6, 6.07) is 0. The molecule has 0 spiro atoms. The summed E-state index contributed by atoms with van der Waals surface area (Å²) in [6.45, 7) is 7.55. The predicted octanol–water partition coefficient (Wildman–Crippen LogP) is 1.34. The highest BCUT2D eigenvalue weighted by molar-refractivity contribution is 5.81. The lowest BCUT2D eigenvalue weighted by molar-refractivity contribution is -0.156. The molecule has 0 heterocycles. The van der Waals surface area contributed by atoms with Crippen molar-refractivity contribution in [2.24, 2.45) is 0 Å². The fourth-order valence-corrected chi connectivity index (χ4v) is 1.30. The molecule has 1 N–H and O–H groups in total. The Morgan fingerprint density at radius 1 is 1.28 bits per heavy atom. The number of nitrogens with zero attached hydrogens (tertiary/aromatic N) is 1. The Labute approximate surface area is 109 Å². The van der Waals surface area contributed by atoms with E-state index in [0.717, 1.165) is 0 Å². The summed E-state index contributed by atoms with van der Waals surface area (Å²) in [5.74, 6) is -0.471. The van der Waals surface area contributed by atoms with Crippen LogP contribution < -0.4 is 0 Å². The van der Waals surface area contributed by atoms with Crippen molar-refractivity contribution in [3.05, 3.63) is 0 Å². The summed E-state index contributed by atoms with van der Waals surface area (Å²) in [4.78, 5) is 24.6. The quantitative estimate of drug-likeness (QED) is 0.731. The summed E-state index contributed by atoms with van der Waals surface area (Å²) < 4.78 is 5.12. The van der Waals surface area contributed by atoms with Gasteiger partial charge < -0.3 is 14.7 Å². The first-order valence-corrected chi connectivity index (χ1v) is 6.25. The van der Waals surface area contributed by atoms with Crippen LogP contribution in [0, 0.1) is 0 Å². The Hall–Kier alpha value is -1.10. The minimum atomic E-state index is -0.516. The Kier molecular flexibility index (Phi) is 6.91. The second kappa shape index (κ2) is 7.36. The molecule has 5 heteroatoms. The number of carbonyl (C=O) groups excluding carboxylic acids is 2. The molecule has 1 atom stereocenters. The molecule has 0 rings (SSSR count). The number of esters is 1. The minimum Gasteiger partial charge on any atom is -0.460 e. The summed E-state index contributed by atoms with van der Waals surface area (Å²) in [5, 5.41) is 9.12. The van der Waals surface area contributed by atoms with Crippen molar-refractivity contribution in [1.82, 2.24) is 4.90 Å². The first-order chi connectivity index (χ1) is 8.11. The van der Waals surface area contributed by atoms with Gasteiger partial charge in [-0.15, -0.1) is 0 Å². The Morgan fingerprint density at radius 3 is 2.28 bits per heavy atom. The van der Waals surface area contributed by atoms with Crippen LogP contribution in [0.25, 0.3) is 0 Å². The molecule has 0 fully saturated rings. The van der Waals surface area contributed by atoms with Crippen LogP contribution in [0.15, 0.2) is 0 Å². The highest BCUT2D eigenvalue weighted by Gasteiger charge is 2.18. The maximum atomic E-state index is 11.7.